The van der Waals surface area contributed by atoms with Crippen LogP contribution in [0.5, 0.6) is 0 Å². The van der Waals surface area contributed by atoms with Gasteiger partial charge >= 0.3 is 26.6 Å². The van der Waals surface area contributed by atoms with Crippen molar-refractivity contribution in [2.24, 2.45) is 9.98 Å². The summed E-state index contributed by atoms with van der Waals surface area (Å²) in [6.45, 7) is 13.0. The van der Waals surface area contributed by atoms with Gasteiger partial charge < -0.3 is 14.9 Å². The van der Waals surface area contributed by atoms with Crippen molar-refractivity contribution in [3.05, 3.63) is 57.2 Å². The first-order chi connectivity index (χ1) is 16.0. The van der Waals surface area contributed by atoms with Gasteiger partial charge in [0.15, 0.2) is 0 Å². The number of carboxylic acid groups (broad SMARTS) is 1. The van der Waals surface area contributed by atoms with Crippen molar-refractivity contribution >= 4 is 29.5 Å². The van der Waals surface area contributed by atoms with Gasteiger partial charge in [-0.1, -0.05) is 52.0 Å². The molecule has 192 valence electrons. The fraction of sp³-hybridized carbons (Fsp3) is 0.423. The number of allylic oxidation sites excluding steroid dienone is 4. The van der Waals surface area contributed by atoms with Gasteiger partial charge in [0.2, 0.25) is 0 Å². The van der Waals surface area contributed by atoms with Crippen LogP contribution in [0.15, 0.2) is 55.8 Å². The minimum absolute atomic E-state index is 0. The Morgan fingerprint density at radius 1 is 0.829 bits per heavy atom. The van der Waals surface area contributed by atoms with E-state index in [9.17, 15) is 13.2 Å². The number of carboxylic acids is 1. The summed E-state index contributed by atoms with van der Waals surface area (Å²) in [4.78, 5) is 23.1. The summed E-state index contributed by atoms with van der Waals surface area (Å²) in [5.41, 5.74) is 11.9. The third kappa shape index (κ3) is 7.49. The smallest absolute Gasteiger partial charge is 0.658 e. The Labute approximate surface area is 218 Å². The number of carbonyl (C=O) groups excluding carboxylic acids is 1. The van der Waals surface area contributed by atoms with Crippen molar-refractivity contribution < 1.29 is 43.5 Å². The number of halogens is 3. The first kappa shape index (κ1) is 30.5. The fourth-order valence-electron chi connectivity index (χ4n) is 4.18. The van der Waals surface area contributed by atoms with Crippen LogP contribution in [0, 0.1) is 0 Å². The average Bonchev–Trinajstić information content (AvgIpc) is 3.42. The maximum atomic E-state index is 10.5. The number of aliphatic carboxylic acids is 1. The molecular weight excluding hydrogens is 550 g/mol. The zero-order chi connectivity index (χ0) is 25.6. The van der Waals surface area contributed by atoms with Gasteiger partial charge in [-0.25, -0.2) is 0 Å². The van der Waals surface area contributed by atoms with E-state index >= 15 is 0 Å². The van der Waals surface area contributed by atoms with Gasteiger partial charge in [-0.05, 0) is 61.8 Å². The third-order valence-corrected chi connectivity index (χ3v) is 5.69. The van der Waals surface area contributed by atoms with E-state index in [4.69, 9.17) is 24.9 Å². The minimum Gasteiger partial charge on any atom is -0.658 e. The molecule has 3 heterocycles. The molecule has 9 heteroatoms. The van der Waals surface area contributed by atoms with Crippen molar-refractivity contribution in [3.63, 3.8) is 0 Å². The number of aliphatic imine (C=N–C) groups is 2. The van der Waals surface area contributed by atoms with E-state index < -0.39 is 12.1 Å². The van der Waals surface area contributed by atoms with E-state index in [2.05, 4.69) is 65.8 Å². The molecule has 0 atom stereocenters. The second-order valence-electron chi connectivity index (χ2n) is 7.86. The van der Waals surface area contributed by atoms with Crippen LogP contribution in [0.2, 0.25) is 0 Å². The van der Waals surface area contributed by atoms with Crippen LogP contribution in [-0.4, -0.2) is 23.6 Å². The number of aromatic nitrogens is 1. The standard InChI is InChI=1S/C24H30N3.C2HF3O2.Pd/c1-7-19-15(5)25-23(21(19)9-3)13-17-11-12-18(27-17)14-24-22(10-4)20(8-2)16(6)26-24;3-2(4,5)1(6)7;/h11-14H,7-10H2,1-6H3;(H,6,7);/q-1;;+2/p-1/b23-13-,24-14-;;. The van der Waals surface area contributed by atoms with E-state index in [0.29, 0.717) is 0 Å². The van der Waals surface area contributed by atoms with E-state index in [1.54, 1.807) is 0 Å². The Hall–Kier alpha value is -2.50. The predicted molar refractivity (Wildman–Crippen MR) is 128 cm³/mol. The normalized spacial score (nSPS) is 18.0. The van der Waals surface area contributed by atoms with E-state index in [1.807, 2.05) is 0 Å². The van der Waals surface area contributed by atoms with Gasteiger partial charge in [0.05, 0.1) is 11.4 Å². The van der Waals surface area contributed by atoms with Gasteiger partial charge in [-0.3, -0.25) is 9.98 Å². The summed E-state index contributed by atoms with van der Waals surface area (Å²) in [5.74, 6) is -3.01. The van der Waals surface area contributed by atoms with E-state index in [0.717, 1.165) is 59.9 Å². The van der Waals surface area contributed by atoms with Gasteiger partial charge in [0.1, 0.15) is 5.97 Å². The van der Waals surface area contributed by atoms with Gasteiger partial charge in [0.25, 0.3) is 0 Å². The Morgan fingerprint density at radius 2 is 1.14 bits per heavy atom. The molecule has 0 radical (unpaired) electrons. The molecule has 0 spiro atoms. The van der Waals surface area contributed by atoms with E-state index in [1.165, 1.54) is 22.3 Å². The molecule has 35 heavy (non-hydrogen) atoms. The summed E-state index contributed by atoms with van der Waals surface area (Å²) in [6, 6.07) is 4.14. The van der Waals surface area contributed by atoms with Crippen molar-refractivity contribution in [2.75, 3.05) is 0 Å². The molecule has 0 bridgehead atoms. The zero-order valence-electron chi connectivity index (χ0n) is 20.7. The average molecular weight is 580 g/mol. The number of alkyl halides is 3. The van der Waals surface area contributed by atoms with Crippen LogP contribution in [0.4, 0.5) is 13.2 Å². The largest absolute Gasteiger partial charge is 2.00 e. The predicted octanol–water partition coefficient (Wildman–Crippen LogP) is 5.80. The Morgan fingerprint density at radius 3 is 1.40 bits per heavy atom. The summed E-state index contributed by atoms with van der Waals surface area (Å²) < 4.78 is 31.5. The second kappa shape index (κ2) is 13.0. The molecule has 1 aromatic rings. The summed E-state index contributed by atoms with van der Waals surface area (Å²) in [6.07, 6.45) is 3.11. The van der Waals surface area contributed by atoms with Crippen molar-refractivity contribution in [1.82, 2.24) is 4.98 Å². The molecule has 0 aromatic carbocycles. The fourth-order valence-corrected chi connectivity index (χ4v) is 4.18. The summed E-state index contributed by atoms with van der Waals surface area (Å²) in [7, 11) is 0. The molecule has 1 aromatic heterocycles. The van der Waals surface area contributed by atoms with Crippen LogP contribution < -0.4 is 10.1 Å². The van der Waals surface area contributed by atoms with Crippen molar-refractivity contribution in [2.45, 2.75) is 73.4 Å². The second-order valence-corrected chi connectivity index (χ2v) is 7.86. The first-order valence-corrected chi connectivity index (χ1v) is 11.4. The molecule has 3 rings (SSSR count). The molecule has 0 unspecified atom stereocenters. The Kier molecular flexibility index (Phi) is 11.3. The van der Waals surface area contributed by atoms with Gasteiger partial charge in [-0.2, -0.15) is 13.2 Å². The number of hydrogen-bond donors (Lipinski definition) is 0. The van der Waals surface area contributed by atoms with Crippen LogP contribution in [0.3, 0.4) is 0 Å². The number of rotatable bonds is 6. The zero-order valence-corrected chi connectivity index (χ0v) is 22.3. The van der Waals surface area contributed by atoms with Crippen LogP contribution in [0.25, 0.3) is 12.2 Å². The summed E-state index contributed by atoms with van der Waals surface area (Å²) >= 11 is 0. The van der Waals surface area contributed by atoms with Gasteiger partial charge in [-0.15, -0.1) is 11.4 Å². The number of nitrogens with zero attached hydrogens (tertiary/aromatic N) is 3. The molecule has 5 nitrogen and oxygen atoms in total. The third-order valence-electron chi connectivity index (χ3n) is 5.69. The maximum Gasteiger partial charge on any atom is 2.00 e. The Balaban J connectivity index is 0.000000672. The van der Waals surface area contributed by atoms with E-state index in [-0.39, 0.29) is 20.4 Å². The minimum atomic E-state index is -5.19. The molecule has 0 aliphatic carbocycles. The van der Waals surface area contributed by atoms with Crippen molar-refractivity contribution in [1.29, 1.82) is 0 Å². The van der Waals surface area contributed by atoms with Crippen LogP contribution >= 0.6 is 0 Å². The van der Waals surface area contributed by atoms with Crippen LogP contribution in [0.1, 0.15) is 78.6 Å². The summed E-state index contributed by atoms with van der Waals surface area (Å²) in [5, 5.41) is 8.78. The number of carbonyl (C=O) groups is 1. The molecule has 0 fully saturated rings. The molecule has 2 aliphatic rings. The monoisotopic (exact) mass is 579 g/mol. The topological polar surface area (TPSA) is 79.0 Å². The molecule has 0 N–H and O–H groups in total. The van der Waals surface area contributed by atoms with Crippen LogP contribution in [-0.2, 0) is 25.2 Å². The van der Waals surface area contributed by atoms with Crippen molar-refractivity contribution in [3.8, 4) is 0 Å². The molecule has 2 aliphatic heterocycles. The van der Waals surface area contributed by atoms with Gasteiger partial charge in [0, 0.05) is 11.4 Å². The quantitative estimate of drug-likeness (QED) is 0.399. The molecular formula is C26H30F3N3O2Pd. The molecule has 0 saturated carbocycles. The maximum absolute atomic E-state index is 10.5. The molecule has 0 saturated heterocycles. The molecule has 0 amide bonds. The first-order valence-electron chi connectivity index (χ1n) is 11.4. The Bertz CT molecular complexity index is 1060. The number of hydrogen-bond acceptors (Lipinski definition) is 4. The SMILES string of the molecule is CCC1=C(CC)/C(=C/c2ccc(/C=C3\N=C(C)C(CC)=C3CC)[n-]2)N=C1C.O=C([O-])C(F)(F)F.[Pd+2].